The number of hydrogen-bond donors (Lipinski definition) is 1. The Morgan fingerprint density at radius 1 is 1.05 bits per heavy atom. The first-order valence-corrected chi connectivity index (χ1v) is 6.67. The molecule has 0 aliphatic carbocycles. The van der Waals surface area contributed by atoms with E-state index < -0.39 is 0 Å². The van der Waals surface area contributed by atoms with Crippen LogP contribution in [-0.4, -0.2) is 12.2 Å². The minimum absolute atomic E-state index is 0.319. The summed E-state index contributed by atoms with van der Waals surface area (Å²) < 4.78 is 5.12. The number of ether oxygens (including phenoxy) is 1. The molecule has 0 spiro atoms. The van der Waals surface area contributed by atoms with E-state index in [1.807, 2.05) is 18.2 Å². The number of rotatable bonds is 5. The molecule has 0 unspecified atom stereocenters. The lowest BCUT2D eigenvalue weighted by Crippen LogP contribution is -1.91. The molecular formula is C16H17ClO2. The van der Waals surface area contributed by atoms with Crippen molar-refractivity contribution in [3.63, 3.8) is 0 Å². The normalized spacial score (nSPS) is 10.4. The number of methoxy groups -OCH3 is 1. The number of aromatic hydroxyl groups is 1. The van der Waals surface area contributed by atoms with E-state index in [4.69, 9.17) is 16.3 Å². The lowest BCUT2D eigenvalue weighted by atomic mass is 10.0. The molecule has 0 aliphatic heterocycles. The van der Waals surface area contributed by atoms with E-state index in [1.165, 1.54) is 5.56 Å². The van der Waals surface area contributed by atoms with Crippen molar-refractivity contribution in [2.75, 3.05) is 7.11 Å². The van der Waals surface area contributed by atoms with Gasteiger partial charge in [0.2, 0.25) is 0 Å². The molecule has 0 aliphatic rings. The average Bonchev–Trinajstić information content (AvgIpc) is 2.43. The number of benzene rings is 2. The van der Waals surface area contributed by atoms with Crippen LogP contribution < -0.4 is 4.74 Å². The smallest absolute Gasteiger partial charge is 0.118 e. The van der Waals surface area contributed by atoms with Crippen molar-refractivity contribution in [1.82, 2.24) is 0 Å². The standard InChI is InChI=1S/C16H17ClO2/c1-19-15-8-5-12(6-9-15)3-2-4-13-11-14(17)7-10-16(13)18/h5-11,18H,2-4H2,1H3. The molecule has 3 heteroatoms. The first kappa shape index (κ1) is 13.8. The van der Waals surface area contributed by atoms with Crippen molar-refractivity contribution >= 4 is 11.6 Å². The van der Waals surface area contributed by atoms with Crippen LogP contribution in [0.1, 0.15) is 17.5 Å². The summed E-state index contributed by atoms with van der Waals surface area (Å²) in [6.45, 7) is 0. The second kappa shape index (κ2) is 6.48. The van der Waals surface area contributed by atoms with Crippen LogP contribution in [0.15, 0.2) is 42.5 Å². The molecule has 19 heavy (non-hydrogen) atoms. The Morgan fingerprint density at radius 2 is 1.79 bits per heavy atom. The van der Waals surface area contributed by atoms with Crippen molar-refractivity contribution < 1.29 is 9.84 Å². The SMILES string of the molecule is COc1ccc(CCCc2cc(Cl)ccc2O)cc1. The van der Waals surface area contributed by atoms with Gasteiger partial charge in [-0.25, -0.2) is 0 Å². The van der Waals surface area contributed by atoms with Crippen LogP contribution in [-0.2, 0) is 12.8 Å². The third kappa shape index (κ3) is 3.90. The predicted molar refractivity (Wildman–Crippen MR) is 78.1 cm³/mol. The summed E-state index contributed by atoms with van der Waals surface area (Å²) in [7, 11) is 1.66. The van der Waals surface area contributed by atoms with Gasteiger partial charge in [0.1, 0.15) is 11.5 Å². The summed E-state index contributed by atoms with van der Waals surface area (Å²) in [4.78, 5) is 0. The van der Waals surface area contributed by atoms with Gasteiger partial charge >= 0.3 is 0 Å². The van der Waals surface area contributed by atoms with Gasteiger partial charge < -0.3 is 9.84 Å². The van der Waals surface area contributed by atoms with Crippen LogP contribution in [0, 0.1) is 0 Å². The molecule has 2 aromatic rings. The molecule has 0 fully saturated rings. The van der Waals surface area contributed by atoms with Crippen molar-refractivity contribution in [3.8, 4) is 11.5 Å². The van der Waals surface area contributed by atoms with E-state index in [1.54, 1.807) is 19.2 Å². The lowest BCUT2D eigenvalue weighted by Gasteiger charge is -2.06. The predicted octanol–water partition coefficient (Wildman–Crippen LogP) is 4.23. The Balaban J connectivity index is 1.90. The molecular weight excluding hydrogens is 260 g/mol. The van der Waals surface area contributed by atoms with E-state index >= 15 is 0 Å². The summed E-state index contributed by atoms with van der Waals surface area (Å²) in [6.07, 6.45) is 2.76. The molecule has 0 radical (unpaired) electrons. The molecule has 100 valence electrons. The minimum atomic E-state index is 0.319. The third-order valence-electron chi connectivity index (χ3n) is 3.11. The highest BCUT2D eigenvalue weighted by Crippen LogP contribution is 2.23. The zero-order chi connectivity index (χ0) is 13.7. The fraction of sp³-hybridized carbons (Fsp3) is 0.250. The second-order valence-electron chi connectivity index (χ2n) is 4.47. The first-order valence-electron chi connectivity index (χ1n) is 6.29. The van der Waals surface area contributed by atoms with Crippen molar-refractivity contribution in [1.29, 1.82) is 0 Å². The highest BCUT2D eigenvalue weighted by Gasteiger charge is 2.02. The number of aryl methyl sites for hydroxylation is 2. The third-order valence-corrected chi connectivity index (χ3v) is 3.35. The monoisotopic (exact) mass is 276 g/mol. The molecule has 0 heterocycles. The molecule has 0 atom stereocenters. The Hall–Kier alpha value is -1.67. The van der Waals surface area contributed by atoms with E-state index in [-0.39, 0.29) is 0 Å². The minimum Gasteiger partial charge on any atom is -0.508 e. The number of hydrogen-bond acceptors (Lipinski definition) is 2. The van der Waals surface area contributed by atoms with Gasteiger partial charge in [0, 0.05) is 5.02 Å². The second-order valence-corrected chi connectivity index (χ2v) is 4.91. The molecule has 0 saturated carbocycles. The van der Waals surface area contributed by atoms with E-state index in [0.717, 1.165) is 30.6 Å². The van der Waals surface area contributed by atoms with Gasteiger partial charge in [0.05, 0.1) is 7.11 Å². The number of phenolic OH excluding ortho intramolecular Hbond substituents is 1. The van der Waals surface area contributed by atoms with Crippen LogP contribution >= 0.6 is 11.6 Å². The average molecular weight is 277 g/mol. The quantitative estimate of drug-likeness (QED) is 0.885. The lowest BCUT2D eigenvalue weighted by molar-refractivity contribution is 0.414. The molecule has 0 saturated heterocycles. The Labute approximate surface area is 118 Å². The fourth-order valence-electron chi connectivity index (χ4n) is 2.03. The molecule has 2 rings (SSSR count). The Bertz CT molecular complexity index is 535. The topological polar surface area (TPSA) is 29.5 Å². The van der Waals surface area contributed by atoms with Crippen LogP contribution in [0.2, 0.25) is 5.02 Å². The largest absolute Gasteiger partial charge is 0.508 e. The highest BCUT2D eigenvalue weighted by molar-refractivity contribution is 6.30. The summed E-state index contributed by atoms with van der Waals surface area (Å²) in [5.74, 6) is 1.19. The van der Waals surface area contributed by atoms with Crippen LogP contribution in [0.3, 0.4) is 0 Å². The van der Waals surface area contributed by atoms with Gasteiger partial charge in [0.15, 0.2) is 0 Å². The maximum Gasteiger partial charge on any atom is 0.118 e. The zero-order valence-corrected chi connectivity index (χ0v) is 11.7. The summed E-state index contributed by atoms with van der Waals surface area (Å²) >= 11 is 5.92. The Kier molecular flexibility index (Phi) is 4.69. The zero-order valence-electron chi connectivity index (χ0n) is 10.9. The molecule has 0 bridgehead atoms. The van der Waals surface area contributed by atoms with Crippen LogP contribution in [0.4, 0.5) is 0 Å². The fourth-order valence-corrected chi connectivity index (χ4v) is 2.22. The van der Waals surface area contributed by atoms with E-state index in [9.17, 15) is 5.11 Å². The molecule has 0 aromatic heterocycles. The molecule has 0 amide bonds. The Morgan fingerprint density at radius 3 is 2.47 bits per heavy atom. The van der Waals surface area contributed by atoms with Crippen LogP contribution in [0.5, 0.6) is 11.5 Å². The van der Waals surface area contributed by atoms with Gasteiger partial charge in [-0.05, 0) is 60.7 Å². The van der Waals surface area contributed by atoms with Crippen LogP contribution in [0.25, 0.3) is 0 Å². The summed E-state index contributed by atoms with van der Waals surface area (Å²) in [5.41, 5.74) is 2.17. The first-order chi connectivity index (χ1) is 9.19. The number of halogens is 1. The molecule has 1 N–H and O–H groups in total. The summed E-state index contributed by atoms with van der Waals surface area (Å²) in [5, 5.41) is 10.4. The maximum absolute atomic E-state index is 9.73. The summed E-state index contributed by atoms with van der Waals surface area (Å²) in [6, 6.07) is 13.2. The van der Waals surface area contributed by atoms with Gasteiger partial charge in [-0.15, -0.1) is 0 Å². The van der Waals surface area contributed by atoms with Gasteiger partial charge in [-0.1, -0.05) is 23.7 Å². The van der Waals surface area contributed by atoms with E-state index in [2.05, 4.69) is 12.1 Å². The molecule has 2 aromatic carbocycles. The molecule has 2 nitrogen and oxygen atoms in total. The highest BCUT2D eigenvalue weighted by atomic mass is 35.5. The van der Waals surface area contributed by atoms with Crippen molar-refractivity contribution in [2.45, 2.75) is 19.3 Å². The maximum atomic E-state index is 9.73. The van der Waals surface area contributed by atoms with Gasteiger partial charge in [0.25, 0.3) is 0 Å². The number of phenols is 1. The van der Waals surface area contributed by atoms with Gasteiger partial charge in [-0.2, -0.15) is 0 Å². The van der Waals surface area contributed by atoms with Crippen molar-refractivity contribution in [2.24, 2.45) is 0 Å². The van der Waals surface area contributed by atoms with Gasteiger partial charge in [-0.3, -0.25) is 0 Å². The van der Waals surface area contributed by atoms with E-state index in [0.29, 0.717) is 10.8 Å². The van der Waals surface area contributed by atoms with Crippen molar-refractivity contribution in [3.05, 3.63) is 58.6 Å².